The van der Waals surface area contributed by atoms with Gasteiger partial charge in [-0.05, 0) is 88.1 Å². The van der Waals surface area contributed by atoms with E-state index in [1.165, 1.54) is 47.4 Å². The van der Waals surface area contributed by atoms with Crippen molar-refractivity contribution >= 4 is 37.7 Å². The number of hydrogen-bond donors (Lipinski definition) is 0. The van der Waals surface area contributed by atoms with Crippen LogP contribution in [-0.4, -0.2) is 49.8 Å². The van der Waals surface area contributed by atoms with Crippen LogP contribution in [0.4, 0.5) is 10.2 Å². The number of pyridine rings is 1. The van der Waals surface area contributed by atoms with Crippen molar-refractivity contribution < 1.29 is 14.1 Å². The minimum atomic E-state index is -0.709. The molecule has 2 unspecified atom stereocenters. The molecule has 1 fully saturated rings. The molecular formula is C27H29Br2FN6O3. The van der Waals surface area contributed by atoms with Crippen molar-refractivity contribution in [3.63, 3.8) is 0 Å². The van der Waals surface area contributed by atoms with E-state index in [4.69, 9.17) is 4.74 Å². The Bertz CT molecular complexity index is 1460. The summed E-state index contributed by atoms with van der Waals surface area (Å²) in [5.41, 5.74) is 4.43. The van der Waals surface area contributed by atoms with Crippen LogP contribution in [0.3, 0.4) is 0 Å². The summed E-state index contributed by atoms with van der Waals surface area (Å²) in [4.78, 5) is 14.8. The van der Waals surface area contributed by atoms with Crippen LogP contribution in [0.2, 0.25) is 0 Å². The van der Waals surface area contributed by atoms with E-state index in [1.54, 1.807) is 17.7 Å². The number of hydrogen-bond acceptors (Lipinski definition) is 7. The van der Waals surface area contributed by atoms with Crippen LogP contribution in [0.25, 0.3) is 11.3 Å². The molecular weight excluding hydrogens is 635 g/mol. The molecule has 39 heavy (non-hydrogen) atoms. The molecule has 2 aliphatic rings. The highest BCUT2D eigenvalue weighted by atomic mass is 79.9. The third kappa shape index (κ3) is 5.46. The standard InChI is InChI=1S/C27H29Br2FN6O3/c1-15(39-23-11-18(28)14-31-27(23)36(37)38)21-12-19(30)8-9-20(21)25-17(13-32-33(25)2)7-10-22-24(29)26(16-5-6-16)35(4)34(22)3/h8-9,11-16,26H,5-7,10H2,1-4H3. The minimum Gasteiger partial charge on any atom is -0.478 e. The lowest BCUT2D eigenvalue weighted by Crippen LogP contribution is -2.38. The summed E-state index contributed by atoms with van der Waals surface area (Å²) in [6, 6.07) is 6.41. The summed E-state index contributed by atoms with van der Waals surface area (Å²) in [5.74, 6) is -0.139. The fraction of sp³-hybridized carbons (Fsp3) is 0.407. The fourth-order valence-electron chi connectivity index (χ4n) is 5.31. The van der Waals surface area contributed by atoms with Crippen LogP contribution in [0.1, 0.15) is 43.4 Å². The second-order valence-electron chi connectivity index (χ2n) is 10.0. The van der Waals surface area contributed by atoms with E-state index in [0.29, 0.717) is 22.0 Å². The van der Waals surface area contributed by atoms with E-state index >= 15 is 0 Å². The molecule has 206 valence electrons. The lowest BCUT2D eigenvalue weighted by molar-refractivity contribution is -0.390. The highest BCUT2D eigenvalue weighted by Gasteiger charge is 2.42. The molecule has 0 bridgehead atoms. The van der Waals surface area contributed by atoms with Crippen LogP contribution >= 0.6 is 31.9 Å². The van der Waals surface area contributed by atoms with Crippen molar-refractivity contribution in [2.75, 3.05) is 14.1 Å². The van der Waals surface area contributed by atoms with Crippen LogP contribution < -0.4 is 4.74 Å². The molecule has 3 heterocycles. The van der Waals surface area contributed by atoms with E-state index in [1.807, 2.05) is 13.2 Å². The average molecular weight is 664 g/mol. The van der Waals surface area contributed by atoms with E-state index in [2.05, 4.69) is 66.1 Å². The minimum absolute atomic E-state index is 0.00212. The Hall–Kier alpha value is -2.83. The highest BCUT2D eigenvalue weighted by molar-refractivity contribution is 9.11. The molecule has 12 heteroatoms. The topological polar surface area (TPSA) is 89.6 Å². The lowest BCUT2D eigenvalue weighted by atomic mass is 9.96. The first-order valence-electron chi connectivity index (χ1n) is 12.7. The molecule has 2 aromatic heterocycles. The predicted molar refractivity (Wildman–Crippen MR) is 153 cm³/mol. The van der Waals surface area contributed by atoms with Gasteiger partial charge in [0.2, 0.25) is 5.75 Å². The number of allylic oxidation sites excluding steroid dienone is 1. The van der Waals surface area contributed by atoms with Gasteiger partial charge in [-0.3, -0.25) is 4.68 Å². The smallest absolute Gasteiger partial charge is 0.406 e. The van der Waals surface area contributed by atoms with Crippen molar-refractivity contribution in [2.45, 2.75) is 44.8 Å². The third-order valence-corrected chi connectivity index (χ3v) is 8.86. The summed E-state index contributed by atoms with van der Waals surface area (Å²) >= 11 is 7.18. The zero-order valence-electron chi connectivity index (χ0n) is 22.1. The Morgan fingerprint density at radius 2 is 1.92 bits per heavy atom. The Morgan fingerprint density at radius 3 is 2.62 bits per heavy atom. The van der Waals surface area contributed by atoms with Gasteiger partial charge in [0.1, 0.15) is 11.9 Å². The first kappa shape index (κ1) is 27.7. The Balaban J connectivity index is 1.45. The molecule has 1 saturated carbocycles. The third-order valence-electron chi connectivity index (χ3n) is 7.50. The van der Waals surface area contributed by atoms with Crippen LogP contribution in [0.15, 0.2) is 51.3 Å². The highest BCUT2D eigenvalue weighted by Crippen LogP contribution is 2.46. The fourth-order valence-corrected chi connectivity index (χ4v) is 6.75. The Morgan fingerprint density at radius 1 is 1.18 bits per heavy atom. The maximum absolute atomic E-state index is 14.5. The van der Waals surface area contributed by atoms with Crippen molar-refractivity contribution in [3.05, 3.63) is 78.4 Å². The summed E-state index contributed by atoms with van der Waals surface area (Å²) in [6.45, 7) is 1.74. The van der Waals surface area contributed by atoms with Crippen molar-refractivity contribution in [1.82, 2.24) is 24.8 Å². The van der Waals surface area contributed by atoms with Crippen LogP contribution in [-0.2, 0) is 13.5 Å². The second-order valence-corrected chi connectivity index (χ2v) is 11.8. The summed E-state index contributed by atoms with van der Waals surface area (Å²) in [6.07, 6.45) is 6.53. The largest absolute Gasteiger partial charge is 0.478 e. The maximum atomic E-state index is 14.5. The molecule has 2 atom stereocenters. The van der Waals surface area contributed by atoms with Gasteiger partial charge in [0.05, 0.1) is 22.4 Å². The number of rotatable bonds is 9. The normalized spacial score (nSPS) is 18.6. The first-order chi connectivity index (χ1) is 18.6. The number of nitro groups is 1. The predicted octanol–water partition coefficient (Wildman–Crippen LogP) is 6.54. The monoisotopic (exact) mass is 662 g/mol. The molecule has 0 spiro atoms. The van der Waals surface area contributed by atoms with Gasteiger partial charge in [0.25, 0.3) is 0 Å². The number of halogens is 3. The molecule has 9 nitrogen and oxygen atoms in total. The number of aromatic nitrogens is 3. The van der Waals surface area contributed by atoms with Gasteiger partial charge in [0, 0.05) is 48.5 Å². The van der Waals surface area contributed by atoms with Crippen LogP contribution in [0.5, 0.6) is 5.75 Å². The quantitative estimate of drug-likeness (QED) is 0.190. The second kappa shape index (κ2) is 11.0. The van der Waals surface area contributed by atoms with Crippen molar-refractivity contribution in [1.29, 1.82) is 0 Å². The van der Waals surface area contributed by atoms with E-state index in [9.17, 15) is 14.5 Å². The summed E-state index contributed by atoms with van der Waals surface area (Å²) < 4.78 is 24.1. The number of likely N-dealkylation sites (N-methyl/N-ethyl adjacent to an activating group) is 1. The van der Waals surface area contributed by atoms with Crippen LogP contribution in [0, 0.1) is 21.8 Å². The van der Waals surface area contributed by atoms with E-state index in [0.717, 1.165) is 29.7 Å². The number of aryl methyl sites for hydroxylation is 2. The molecule has 0 saturated heterocycles. The molecule has 3 aromatic rings. The molecule has 0 N–H and O–H groups in total. The number of nitrogens with zero attached hydrogens (tertiary/aromatic N) is 6. The summed E-state index contributed by atoms with van der Waals surface area (Å²) in [5, 5.41) is 20.6. The number of hydrazine groups is 1. The van der Waals surface area contributed by atoms with Crippen molar-refractivity contribution in [2.24, 2.45) is 13.0 Å². The molecule has 1 aliphatic heterocycles. The lowest BCUT2D eigenvalue weighted by Gasteiger charge is -2.29. The van der Waals surface area contributed by atoms with Gasteiger partial charge < -0.3 is 19.9 Å². The zero-order chi connectivity index (χ0) is 28.0. The molecule has 0 radical (unpaired) electrons. The SMILES string of the molecule is CC(Oc1cc(Br)cnc1[N+](=O)[O-])c1cc(F)ccc1-c1c(CCC2=C(Br)C(C3CC3)N(C)N2C)cnn1C. The average Bonchev–Trinajstić information content (AvgIpc) is 3.61. The molecule has 5 rings (SSSR count). The van der Waals surface area contributed by atoms with Gasteiger partial charge in [-0.25, -0.2) is 9.40 Å². The molecule has 1 aromatic carbocycles. The zero-order valence-corrected chi connectivity index (χ0v) is 25.2. The van der Waals surface area contributed by atoms with Gasteiger partial charge in [-0.2, -0.15) is 5.10 Å². The van der Waals surface area contributed by atoms with E-state index < -0.39 is 22.7 Å². The number of benzene rings is 1. The van der Waals surface area contributed by atoms with Gasteiger partial charge in [-0.15, -0.1) is 0 Å². The molecule has 0 amide bonds. The van der Waals surface area contributed by atoms with E-state index in [-0.39, 0.29) is 5.75 Å². The molecule has 1 aliphatic carbocycles. The van der Waals surface area contributed by atoms with Gasteiger partial charge >= 0.3 is 5.82 Å². The Kier molecular flexibility index (Phi) is 7.80. The van der Waals surface area contributed by atoms with Gasteiger partial charge in [0.15, 0.2) is 6.20 Å². The van der Waals surface area contributed by atoms with Crippen molar-refractivity contribution in [3.8, 4) is 17.0 Å². The van der Waals surface area contributed by atoms with Gasteiger partial charge in [-0.1, -0.05) is 15.9 Å². The number of ether oxygens (including phenoxy) is 1. The summed E-state index contributed by atoms with van der Waals surface area (Å²) in [7, 11) is 6.08. The maximum Gasteiger partial charge on any atom is 0.406 e. The Labute approximate surface area is 243 Å². The first-order valence-corrected chi connectivity index (χ1v) is 14.3.